The molecule has 0 spiro atoms. The van der Waals surface area contributed by atoms with Crippen molar-refractivity contribution in [2.24, 2.45) is 0 Å². The summed E-state index contributed by atoms with van der Waals surface area (Å²) in [6.07, 6.45) is 0. The van der Waals surface area contributed by atoms with Crippen molar-refractivity contribution in [3.8, 4) is 5.75 Å². The largest absolute Gasteiger partial charge is 0.506 e. The lowest BCUT2D eigenvalue weighted by Crippen LogP contribution is -2.11. The second-order valence-corrected chi connectivity index (χ2v) is 5.32. The molecule has 2 rings (SSSR count). The fourth-order valence-electron chi connectivity index (χ4n) is 1.44. The average molecular weight is 298 g/mol. The standard InChI is InChI=1S/C12H12BrNOS/c13-11-5-1-3-9(12(11)15)7-14-8-10-4-2-6-16-10/h1-6,14-15H,7-8H2. The maximum atomic E-state index is 9.77. The molecule has 2 aromatic rings. The lowest BCUT2D eigenvalue weighted by atomic mass is 10.2. The predicted molar refractivity (Wildman–Crippen MR) is 70.7 cm³/mol. The summed E-state index contributed by atoms with van der Waals surface area (Å²) < 4.78 is 0.739. The van der Waals surface area contributed by atoms with Crippen LogP contribution in [-0.4, -0.2) is 5.11 Å². The molecule has 1 aromatic heterocycles. The maximum absolute atomic E-state index is 9.77. The van der Waals surface area contributed by atoms with E-state index in [-0.39, 0.29) is 0 Å². The first-order valence-corrected chi connectivity index (χ1v) is 6.64. The van der Waals surface area contributed by atoms with Crippen LogP contribution in [-0.2, 0) is 13.1 Å². The predicted octanol–water partition coefficient (Wildman–Crippen LogP) is 3.51. The summed E-state index contributed by atoms with van der Waals surface area (Å²) in [6, 6.07) is 9.81. The molecule has 0 radical (unpaired) electrons. The smallest absolute Gasteiger partial charge is 0.134 e. The number of halogens is 1. The number of benzene rings is 1. The zero-order valence-corrected chi connectivity index (χ0v) is 11.0. The first kappa shape index (κ1) is 11.6. The Morgan fingerprint density at radius 3 is 2.81 bits per heavy atom. The van der Waals surface area contributed by atoms with Crippen molar-refractivity contribution in [1.82, 2.24) is 5.32 Å². The van der Waals surface area contributed by atoms with E-state index >= 15 is 0 Å². The van der Waals surface area contributed by atoms with Crippen LogP contribution in [0.3, 0.4) is 0 Å². The van der Waals surface area contributed by atoms with Gasteiger partial charge in [0.2, 0.25) is 0 Å². The van der Waals surface area contributed by atoms with Crippen molar-refractivity contribution >= 4 is 27.3 Å². The number of phenols is 1. The Hall–Kier alpha value is -0.840. The molecule has 0 unspecified atom stereocenters. The van der Waals surface area contributed by atoms with Gasteiger partial charge >= 0.3 is 0 Å². The van der Waals surface area contributed by atoms with Gasteiger partial charge in [-0.25, -0.2) is 0 Å². The Balaban J connectivity index is 1.92. The molecule has 16 heavy (non-hydrogen) atoms. The Morgan fingerprint density at radius 2 is 2.06 bits per heavy atom. The number of hydrogen-bond acceptors (Lipinski definition) is 3. The summed E-state index contributed by atoms with van der Waals surface area (Å²) in [5.41, 5.74) is 0.908. The first-order valence-electron chi connectivity index (χ1n) is 4.97. The third kappa shape index (κ3) is 2.84. The van der Waals surface area contributed by atoms with E-state index in [9.17, 15) is 5.11 Å². The monoisotopic (exact) mass is 297 g/mol. The van der Waals surface area contributed by atoms with Gasteiger partial charge in [-0.3, -0.25) is 0 Å². The van der Waals surface area contributed by atoms with Gasteiger partial charge in [0.1, 0.15) is 5.75 Å². The Bertz CT molecular complexity index is 456. The van der Waals surface area contributed by atoms with Crippen molar-refractivity contribution in [2.75, 3.05) is 0 Å². The highest BCUT2D eigenvalue weighted by Gasteiger charge is 2.03. The second-order valence-electron chi connectivity index (χ2n) is 3.43. The highest BCUT2D eigenvalue weighted by atomic mass is 79.9. The van der Waals surface area contributed by atoms with Gasteiger partial charge in [0, 0.05) is 23.5 Å². The third-order valence-electron chi connectivity index (χ3n) is 2.27. The highest BCUT2D eigenvalue weighted by Crippen LogP contribution is 2.27. The summed E-state index contributed by atoms with van der Waals surface area (Å²) >= 11 is 5.03. The van der Waals surface area contributed by atoms with E-state index in [0.717, 1.165) is 16.6 Å². The molecule has 0 saturated carbocycles. The van der Waals surface area contributed by atoms with Gasteiger partial charge in [0.15, 0.2) is 0 Å². The van der Waals surface area contributed by atoms with Crippen molar-refractivity contribution in [1.29, 1.82) is 0 Å². The van der Waals surface area contributed by atoms with E-state index in [4.69, 9.17) is 0 Å². The SMILES string of the molecule is Oc1c(Br)cccc1CNCc1cccs1. The van der Waals surface area contributed by atoms with Crippen molar-refractivity contribution < 1.29 is 5.11 Å². The summed E-state index contributed by atoms with van der Waals surface area (Å²) in [7, 11) is 0. The van der Waals surface area contributed by atoms with Crippen LogP contribution in [0.25, 0.3) is 0 Å². The third-order valence-corrected chi connectivity index (χ3v) is 3.78. The van der Waals surface area contributed by atoms with Gasteiger partial charge in [-0.15, -0.1) is 11.3 Å². The summed E-state index contributed by atoms with van der Waals surface area (Å²) in [6.45, 7) is 1.51. The number of hydrogen-bond donors (Lipinski definition) is 2. The van der Waals surface area contributed by atoms with Crippen LogP contribution < -0.4 is 5.32 Å². The molecule has 0 bridgehead atoms. The molecule has 0 aliphatic rings. The lowest BCUT2D eigenvalue weighted by Gasteiger charge is -2.07. The van der Waals surface area contributed by atoms with E-state index in [0.29, 0.717) is 12.3 Å². The molecule has 1 aromatic carbocycles. The molecule has 0 saturated heterocycles. The molecule has 0 fully saturated rings. The minimum Gasteiger partial charge on any atom is -0.506 e. The zero-order chi connectivity index (χ0) is 11.4. The number of thiophene rings is 1. The van der Waals surface area contributed by atoms with Gasteiger partial charge in [-0.2, -0.15) is 0 Å². The average Bonchev–Trinajstić information content (AvgIpc) is 2.77. The Labute approximate surface area is 107 Å². The lowest BCUT2D eigenvalue weighted by molar-refractivity contribution is 0.461. The Morgan fingerprint density at radius 1 is 1.19 bits per heavy atom. The molecule has 0 atom stereocenters. The maximum Gasteiger partial charge on any atom is 0.134 e. The van der Waals surface area contributed by atoms with Gasteiger partial charge in [0.25, 0.3) is 0 Å². The number of phenolic OH excluding ortho intramolecular Hbond substituents is 1. The molecular formula is C12H12BrNOS. The van der Waals surface area contributed by atoms with Crippen LogP contribution in [0.15, 0.2) is 40.2 Å². The minimum atomic E-state index is 0.321. The van der Waals surface area contributed by atoms with E-state index < -0.39 is 0 Å². The van der Waals surface area contributed by atoms with Crippen LogP contribution in [0.4, 0.5) is 0 Å². The van der Waals surface area contributed by atoms with Crippen LogP contribution >= 0.6 is 27.3 Å². The van der Waals surface area contributed by atoms with E-state index in [2.05, 4.69) is 32.7 Å². The quantitative estimate of drug-likeness (QED) is 0.905. The molecule has 84 valence electrons. The molecule has 1 heterocycles. The fraction of sp³-hybridized carbons (Fsp3) is 0.167. The minimum absolute atomic E-state index is 0.321. The van der Waals surface area contributed by atoms with Gasteiger partial charge in [-0.1, -0.05) is 18.2 Å². The number of rotatable bonds is 4. The van der Waals surface area contributed by atoms with Gasteiger partial charge in [-0.05, 0) is 33.4 Å². The van der Waals surface area contributed by atoms with E-state index in [1.165, 1.54) is 4.88 Å². The summed E-state index contributed by atoms with van der Waals surface area (Å²) in [5.74, 6) is 0.321. The molecule has 0 aliphatic carbocycles. The number of para-hydroxylation sites is 1. The van der Waals surface area contributed by atoms with E-state index in [1.54, 1.807) is 11.3 Å². The molecule has 2 N–H and O–H groups in total. The van der Waals surface area contributed by atoms with Crippen LogP contribution in [0.5, 0.6) is 5.75 Å². The van der Waals surface area contributed by atoms with Crippen LogP contribution in [0.1, 0.15) is 10.4 Å². The summed E-state index contributed by atoms with van der Waals surface area (Å²) in [5, 5.41) is 15.1. The first-order chi connectivity index (χ1) is 7.77. The molecule has 2 nitrogen and oxygen atoms in total. The number of aromatic hydroxyl groups is 1. The number of nitrogens with one attached hydrogen (secondary N) is 1. The van der Waals surface area contributed by atoms with Crippen LogP contribution in [0, 0.1) is 0 Å². The fourth-order valence-corrected chi connectivity index (χ4v) is 2.52. The molecular weight excluding hydrogens is 286 g/mol. The van der Waals surface area contributed by atoms with Crippen molar-refractivity contribution in [2.45, 2.75) is 13.1 Å². The molecule has 0 aliphatic heterocycles. The molecule has 0 amide bonds. The zero-order valence-electron chi connectivity index (χ0n) is 8.61. The highest BCUT2D eigenvalue weighted by molar-refractivity contribution is 9.10. The van der Waals surface area contributed by atoms with Gasteiger partial charge in [0.05, 0.1) is 4.47 Å². The molecule has 4 heteroatoms. The van der Waals surface area contributed by atoms with E-state index in [1.807, 2.05) is 24.3 Å². The second kappa shape index (κ2) is 5.48. The van der Waals surface area contributed by atoms with Crippen LogP contribution in [0.2, 0.25) is 0 Å². The van der Waals surface area contributed by atoms with Crippen molar-refractivity contribution in [3.63, 3.8) is 0 Å². The normalized spacial score (nSPS) is 10.6. The topological polar surface area (TPSA) is 32.3 Å². The van der Waals surface area contributed by atoms with Crippen molar-refractivity contribution in [3.05, 3.63) is 50.6 Å². The van der Waals surface area contributed by atoms with Gasteiger partial charge < -0.3 is 10.4 Å². The Kier molecular flexibility index (Phi) is 3.98. The summed E-state index contributed by atoms with van der Waals surface area (Å²) in [4.78, 5) is 1.30.